The molecule has 9 nitrogen and oxygen atoms in total. The maximum atomic E-state index is 14.1. The third-order valence-electron chi connectivity index (χ3n) is 10.3. The SMILES string of the molecule is C=Cc1nc(C2=C(c3ccccc3)/C(=N/c3[nH]c(NC(=O)c4ccccc4C)c(-c4nc5ccccc5s4)c3-c3ccccc3)N=C2NC(=O)c2ccccc2C)sc1C=C. The van der Waals surface area contributed by atoms with Crippen molar-refractivity contribution in [3.63, 3.8) is 0 Å². The van der Waals surface area contributed by atoms with Gasteiger partial charge in [-0.3, -0.25) is 9.59 Å². The molecule has 0 bridgehead atoms. The number of nitrogens with one attached hydrogen (secondary N) is 3. The second-order valence-corrected chi connectivity index (χ2v) is 16.2. The van der Waals surface area contributed by atoms with E-state index in [1.165, 1.54) is 22.7 Å². The first-order valence-corrected chi connectivity index (χ1v) is 21.1. The summed E-state index contributed by atoms with van der Waals surface area (Å²) in [6.07, 6.45) is 3.43. The maximum absolute atomic E-state index is 14.1. The molecule has 0 saturated heterocycles. The number of carbonyl (C=O) groups excluding carboxylic acids is 2. The molecule has 1 aliphatic rings. The number of nitrogens with zero attached hydrogens (tertiary/aromatic N) is 4. The minimum Gasteiger partial charge on any atom is -0.325 e. The first-order valence-electron chi connectivity index (χ1n) is 19.5. The summed E-state index contributed by atoms with van der Waals surface area (Å²) in [5.74, 6) is 0.860. The number of aromatic nitrogens is 3. The highest BCUT2D eigenvalue weighted by atomic mass is 32.1. The largest absolute Gasteiger partial charge is 0.325 e. The summed E-state index contributed by atoms with van der Waals surface area (Å²) < 4.78 is 0.997. The van der Waals surface area contributed by atoms with Crippen LogP contribution in [0, 0.1) is 13.8 Å². The van der Waals surface area contributed by atoms with E-state index in [2.05, 4.69) is 28.8 Å². The normalized spacial score (nSPS) is 13.1. The van der Waals surface area contributed by atoms with Crippen molar-refractivity contribution in [2.75, 3.05) is 5.32 Å². The van der Waals surface area contributed by atoms with Crippen LogP contribution >= 0.6 is 22.7 Å². The summed E-state index contributed by atoms with van der Waals surface area (Å²) >= 11 is 2.95. The minimum atomic E-state index is -0.323. The third-order valence-corrected chi connectivity index (χ3v) is 12.4. The molecule has 0 fully saturated rings. The van der Waals surface area contributed by atoms with Crippen LogP contribution < -0.4 is 10.6 Å². The summed E-state index contributed by atoms with van der Waals surface area (Å²) in [5, 5.41) is 7.62. The molecule has 0 aliphatic carbocycles. The summed E-state index contributed by atoms with van der Waals surface area (Å²) in [6.45, 7) is 11.8. The molecule has 3 N–H and O–H groups in total. The standard InChI is InChI=1S/C50H37N7O2S2/c1-5-35-37(6-2)60-49(51-35)41-39(31-21-9-7-10-22-31)43(54-45(41)56-47(58)33-25-15-13-19-29(33)3)53-44-40(32-23-11-8-12-24-32)42(50-52-36-27-17-18-28-38(36)61-50)46(55-44)57-48(59)34-26-16-14-20-30(34)4/h5-28,55H,1-2H2,3-4H3,(H,57,59)(H,53,54,56,58). The van der Waals surface area contributed by atoms with Crippen LogP contribution in [0.15, 0.2) is 157 Å². The van der Waals surface area contributed by atoms with E-state index in [9.17, 15) is 9.59 Å². The van der Waals surface area contributed by atoms with Gasteiger partial charge in [0, 0.05) is 22.3 Å². The second kappa shape index (κ2) is 16.6. The Morgan fingerprint density at radius 1 is 0.639 bits per heavy atom. The lowest BCUT2D eigenvalue weighted by Crippen LogP contribution is -2.31. The maximum Gasteiger partial charge on any atom is 0.257 e. The number of aryl methyl sites for hydroxylation is 2. The van der Waals surface area contributed by atoms with Crippen molar-refractivity contribution in [1.82, 2.24) is 20.3 Å². The Morgan fingerprint density at radius 3 is 1.87 bits per heavy atom. The molecule has 0 radical (unpaired) electrons. The fourth-order valence-corrected chi connectivity index (χ4v) is 9.30. The molecule has 2 amide bonds. The van der Waals surface area contributed by atoms with Crippen LogP contribution in [0.4, 0.5) is 11.6 Å². The van der Waals surface area contributed by atoms with Gasteiger partial charge in [0.1, 0.15) is 27.5 Å². The van der Waals surface area contributed by atoms with E-state index >= 15 is 0 Å². The molecule has 296 valence electrons. The smallest absolute Gasteiger partial charge is 0.257 e. The summed E-state index contributed by atoms with van der Waals surface area (Å²) in [5.41, 5.74) is 8.50. The third kappa shape index (κ3) is 7.48. The van der Waals surface area contributed by atoms with E-state index < -0.39 is 0 Å². The van der Waals surface area contributed by atoms with Crippen molar-refractivity contribution in [2.24, 2.45) is 9.98 Å². The number of amides is 2. The average molecular weight is 832 g/mol. The van der Waals surface area contributed by atoms with Crippen LogP contribution in [-0.4, -0.2) is 38.4 Å². The van der Waals surface area contributed by atoms with Crippen molar-refractivity contribution >= 4 is 91.3 Å². The van der Waals surface area contributed by atoms with Gasteiger partial charge in [0.25, 0.3) is 11.8 Å². The Kier molecular flexibility index (Phi) is 10.6. The summed E-state index contributed by atoms with van der Waals surface area (Å²) in [4.78, 5) is 53.1. The van der Waals surface area contributed by atoms with Crippen LogP contribution in [-0.2, 0) is 0 Å². The quantitative estimate of drug-likeness (QED) is 0.127. The lowest BCUT2D eigenvalue weighted by Gasteiger charge is -2.10. The van der Waals surface area contributed by atoms with Crippen LogP contribution in [0.1, 0.15) is 53.0 Å². The molecule has 11 heteroatoms. The number of hydrogen-bond donors (Lipinski definition) is 3. The van der Waals surface area contributed by atoms with Gasteiger partial charge in [0.2, 0.25) is 0 Å². The molecule has 0 saturated carbocycles. The number of aliphatic imine (C=N–C) groups is 2. The number of anilines is 1. The fourth-order valence-electron chi connectivity index (χ4n) is 7.31. The molecule has 61 heavy (non-hydrogen) atoms. The van der Waals surface area contributed by atoms with Crippen molar-refractivity contribution < 1.29 is 9.59 Å². The number of para-hydroxylation sites is 1. The average Bonchev–Trinajstić information content (AvgIpc) is 4.07. The number of fused-ring (bicyclic) bond motifs is 1. The van der Waals surface area contributed by atoms with Gasteiger partial charge in [-0.2, -0.15) is 0 Å². The molecular weight excluding hydrogens is 795 g/mol. The predicted octanol–water partition coefficient (Wildman–Crippen LogP) is 12.1. The van der Waals surface area contributed by atoms with E-state index in [0.29, 0.717) is 66.6 Å². The zero-order valence-electron chi connectivity index (χ0n) is 33.2. The van der Waals surface area contributed by atoms with Crippen LogP contribution in [0.2, 0.25) is 0 Å². The van der Waals surface area contributed by atoms with Crippen LogP contribution in [0.3, 0.4) is 0 Å². The Labute approximate surface area is 360 Å². The van der Waals surface area contributed by atoms with Crippen molar-refractivity contribution in [3.8, 4) is 21.7 Å². The number of carbonyl (C=O) groups is 2. The zero-order chi connectivity index (χ0) is 42.0. The van der Waals surface area contributed by atoms with E-state index in [1.54, 1.807) is 24.3 Å². The van der Waals surface area contributed by atoms with Crippen LogP contribution in [0.25, 0.3) is 55.2 Å². The van der Waals surface area contributed by atoms with Gasteiger partial charge in [0.15, 0.2) is 5.84 Å². The Bertz CT molecular complexity index is 3070. The highest BCUT2D eigenvalue weighted by Gasteiger charge is 2.33. The molecule has 4 heterocycles. The predicted molar refractivity (Wildman–Crippen MR) is 253 cm³/mol. The monoisotopic (exact) mass is 831 g/mol. The lowest BCUT2D eigenvalue weighted by atomic mass is 9.99. The molecule has 5 aromatic carbocycles. The van der Waals surface area contributed by atoms with Gasteiger partial charge in [-0.25, -0.2) is 20.0 Å². The minimum absolute atomic E-state index is 0.285. The Morgan fingerprint density at radius 2 is 1.25 bits per heavy atom. The van der Waals surface area contributed by atoms with E-state index in [0.717, 1.165) is 37.3 Å². The first-order chi connectivity index (χ1) is 29.8. The van der Waals surface area contributed by atoms with E-state index in [-0.39, 0.29) is 17.6 Å². The topological polar surface area (TPSA) is 124 Å². The highest BCUT2D eigenvalue weighted by Crippen LogP contribution is 2.48. The number of benzene rings is 5. The van der Waals surface area contributed by atoms with Crippen molar-refractivity contribution in [3.05, 3.63) is 190 Å². The second-order valence-electron chi connectivity index (χ2n) is 14.2. The van der Waals surface area contributed by atoms with E-state index in [1.807, 2.05) is 135 Å². The van der Waals surface area contributed by atoms with Crippen LogP contribution in [0.5, 0.6) is 0 Å². The van der Waals surface area contributed by atoms with Crippen molar-refractivity contribution in [2.45, 2.75) is 13.8 Å². The Hall–Kier alpha value is -7.60. The molecule has 8 aromatic rings. The molecule has 9 rings (SSSR count). The molecular formula is C50H37N7O2S2. The first kappa shape index (κ1) is 38.9. The number of rotatable bonds is 10. The molecule has 0 unspecified atom stereocenters. The number of thiazole rings is 2. The molecule has 0 atom stereocenters. The van der Waals surface area contributed by atoms with Crippen molar-refractivity contribution in [1.29, 1.82) is 0 Å². The van der Waals surface area contributed by atoms with E-state index in [4.69, 9.17) is 20.0 Å². The number of aromatic amines is 1. The fraction of sp³-hybridized carbons (Fsp3) is 0.0400. The number of amidine groups is 2. The molecule has 1 aliphatic heterocycles. The van der Waals surface area contributed by atoms with Gasteiger partial charge in [-0.05, 0) is 72.5 Å². The van der Waals surface area contributed by atoms with Gasteiger partial charge < -0.3 is 15.6 Å². The van der Waals surface area contributed by atoms with Gasteiger partial charge >= 0.3 is 0 Å². The highest BCUT2D eigenvalue weighted by molar-refractivity contribution is 7.21. The summed E-state index contributed by atoms with van der Waals surface area (Å²) in [7, 11) is 0. The molecule has 3 aromatic heterocycles. The number of H-pyrrole nitrogens is 1. The van der Waals surface area contributed by atoms with Gasteiger partial charge in [-0.1, -0.05) is 122 Å². The zero-order valence-corrected chi connectivity index (χ0v) is 34.8. The van der Waals surface area contributed by atoms with Gasteiger partial charge in [-0.15, -0.1) is 22.7 Å². The molecule has 0 spiro atoms. The lowest BCUT2D eigenvalue weighted by molar-refractivity contribution is 0.0975. The summed E-state index contributed by atoms with van der Waals surface area (Å²) in [6, 6.07) is 42.5. The Balaban J connectivity index is 1.32. The number of hydrogen-bond acceptors (Lipinski definition) is 7. The van der Waals surface area contributed by atoms with Gasteiger partial charge in [0.05, 0.1) is 31.9 Å².